The highest BCUT2D eigenvalue weighted by Crippen LogP contribution is 2.44. The molecule has 0 unspecified atom stereocenters. The molecule has 210 valence electrons. The van der Waals surface area contributed by atoms with Crippen LogP contribution < -0.4 is 14.8 Å². The maximum Gasteiger partial charge on any atom is 0.407 e. The third kappa shape index (κ3) is 6.33. The molecule has 0 saturated heterocycles. The van der Waals surface area contributed by atoms with Crippen LogP contribution in [-0.4, -0.2) is 49.8 Å². The van der Waals surface area contributed by atoms with E-state index in [0.717, 1.165) is 44.9 Å². The molecule has 4 aromatic carbocycles. The lowest BCUT2D eigenvalue weighted by Gasteiger charge is -2.22. The number of fused-ring (bicyclic) bond motifs is 3. The van der Waals surface area contributed by atoms with E-state index in [1.165, 1.54) is 11.8 Å². The largest absolute Gasteiger partial charge is 0.497 e. The quantitative estimate of drug-likeness (QED) is 0.212. The van der Waals surface area contributed by atoms with Crippen LogP contribution in [0.15, 0.2) is 97.1 Å². The van der Waals surface area contributed by atoms with Crippen LogP contribution >= 0.6 is 11.8 Å². The summed E-state index contributed by atoms with van der Waals surface area (Å²) in [5.74, 6) is 0.345. The van der Waals surface area contributed by atoms with E-state index in [1.54, 1.807) is 14.2 Å². The maximum atomic E-state index is 12.8. The van der Waals surface area contributed by atoms with Crippen LogP contribution in [0.25, 0.3) is 11.1 Å². The first-order chi connectivity index (χ1) is 20.0. The third-order valence-corrected chi connectivity index (χ3v) is 8.60. The summed E-state index contributed by atoms with van der Waals surface area (Å²) in [5.41, 5.74) is 6.39. The highest BCUT2D eigenvalue weighted by molar-refractivity contribution is 7.99. The molecule has 0 aliphatic heterocycles. The smallest absolute Gasteiger partial charge is 0.407 e. The van der Waals surface area contributed by atoms with Crippen molar-refractivity contribution in [2.45, 2.75) is 17.2 Å². The van der Waals surface area contributed by atoms with Gasteiger partial charge in [0, 0.05) is 11.7 Å². The lowest BCUT2D eigenvalue weighted by Crippen LogP contribution is -2.43. The summed E-state index contributed by atoms with van der Waals surface area (Å²) in [4.78, 5) is 25.0. The first kappa shape index (κ1) is 28.1. The number of aliphatic carboxylic acids is 1. The zero-order valence-electron chi connectivity index (χ0n) is 22.8. The van der Waals surface area contributed by atoms with Gasteiger partial charge < -0.3 is 24.6 Å². The fourth-order valence-electron chi connectivity index (χ4n) is 5.09. The SMILES string of the molecule is COc1ccc(C(SC[C@H](NC(=O)OCC2c3ccccc3-c3ccccc32)C(=O)O)c2ccc(OC)cc2)cc1. The van der Waals surface area contributed by atoms with Crippen molar-refractivity contribution in [1.29, 1.82) is 0 Å². The Balaban J connectivity index is 1.26. The van der Waals surface area contributed by atoms with Crippen LogP contribution in [0.1, 0.15) is 33.4 Å². The molecule has 5 rings (SSSR count). The second kappa shape index (κ2) is 12.8. The predicted molar refractivity (Wildman–Crippen MR) is 160 cm³/mol. The van der Waals surface area contributed by atoms with Gasteiger partial charge in [0.05, 0.1) is 19.5 Å². The second-order valence-electron chi connectivity index (χ2n) is 9.62. The molecular weight excluding hydrogens is 538 g/mol. The van der Waals surface area contributed by atoms with Gasteiger partial charge in [0.1, 0.15) is 24.1 Å². The maximum absolute atomic E-state index is 12.8. The summed E-state index contributed by atoms with van der Waals surface area (Å²) >= 11 is 1.43. The number of alkyl carbamates (subject to hydrolysis) is 1. The second-order valence-corrected chi connectivity index (χ2v) is 10.8. The van der Waals surface area contributed by atoms with E-state index in [0.29, 0.717) is 0 Å². The van der Waals surface area contributed by atoms with Crippen molar-refractivity contribution in [1.82, 2.24) is 5.32 Å². The van der Waals surface area contributed by atoms with Gasteiger partial charge in [-0.3, -0.25) is 0 Å². The van der Waals surface area contributed by atoms with Gasteiger partial charge in [0.25, 0.3) is 0 Å². The van der Waals surface area contributed by atoms with Crippen molar-refractivity contribution in [2.24, 2.45) is 0 Å². The number of hydrogen-bond donors (Lipinski definition) is 2. The number of nitrogens with one attached hydrogen (secondary N) is 1. The zero-order chi connectivity index (χ0) is 28.8. The van der Waals surface area contributed by atoms with Gasteiger partial charge in [-0.1, -0.05) is 72.8 Å². The van der Waals surface area contributed by atoms with Gasteiger partial charge in [-0.05, 0) is 57.6 Å². The van der Waals surface area contributed by atoms with E-state index in [2.05, 4.69) is 17.4 Å². The molecule has 4 aromatic rings. The molecule has 2 N–H and O–H groups in total. The van der Waals surface area contributed by atoms with Crippen LogP contribution in [0.2, 0.25) is 0 Å². The third-order valence-electron chi connectivity index (χ3n) is 7.20. The molecule has 1 atom stereocenters. The molecule has 0 aromatic heterocycles. The number of rotatable bonds is 11. The van der Waals surface area contributed by atoms with Gasteiger partial charge in [-0.2, -0.15) is 0 Å². The molecule has 1 aliphatic carbocycles. The summed E-state index contributed by atoms with van der Waals surface area (Å²) in [7, 11) is 3.22. The normalized spacial score (nSPS) is 12.8. The zero-order valence-corrected chi connectivity index (χ0v) is 23.6. The van der Waals surface area contributed by atoms with Gasteiger partial charge in [-0.15, -0.1) is 11.8 Å². The minimum atomic E-state index is -1.14. The van der Waals surface area contributed by atoms with E-state index in [-0.39, 0.29) is 23.5 Å². The van der Waals surface area contributed by atoms with Crippen LogP contribution in [0.5, 0.6) is 11.5 Å². The first-order valence-electron chi connectivity index (χ1n) is 13.2. The monoisotopic (exact) mass is 569 g/mol. The van der Waals surface area contributed by atoms with Crippen LogP contribution in [-0.2, 0) is 9.53 Å². The summed E-state index contributed by atoms with van der Waals surface area (Å²) in [6.07, 6.45) is -0.759. The number of carboxylic acid groups (broad SMARTS) is 1. The number of amides is 1. The lowest BCUT2D eigenvalue weighted by molar-refractivity contribution is -0.138. The molecular formula is C33H31NO6S. The molecule has 1 amide bonds. The van der Waals surface area contributed by atoms with Crippen LogP contribution in [0.3, 0.4) is 0 Å². The summed E-state index contributed by atoms with van der Waals surface area (Å²) in [5, 5.41) is 12.3. The Kier molecular flexibility index (Phi) is 8.79. The van der Waals surface area contributed by atoms with Gasteiger partial charge in [0.2, 0.25) is 0 Å². The van der Waals surface area contributed by atoms with Crippen molar-refractivity contribution in [3.63, 3.8) is 0 Å². The number of hydrogen-bond acceptors (Lipinski definition) is 6. The summed E-state index contributed by atoms with van der Waals surface area (Å²) < 4.78 is 16.2. The van der Waals surface area contributed by atoms with Crippen molar-refractivity contribution < 1.29 is 28.9 Å². The molecule has 0 radical (unpaired) electrons. The van der Waals surface area contributed by atoms with Crippen LogP contribution in [0.4, 0.5) is 4.79 Å². The number of carboxylic acids is 1. The highest BCUT2D eigenvalue weighted by Gasteiger charge is 2.30. The average Bonchev–Trinajstić information content (AvgIpc) is 3.33. The molecule has 0 fully saturated rings. The van der Waals surface area contributed by atoms with E-state index in [4.69, 9.17) is 14.2 Å². The van der Waals surface area contributed by atoms with Crippen LogP contribution in [0, 0.1) is 0 Å². The van der Waals surface area contributed by atoms with E-state index in [1.807, 2.05) is 84.9 Å². The minimum Gasteiger partial charge on any atom is -0.497 e. The van der Waals surface area contributed by atoms with Crippen molar-refractivity contribution in [3.05, 3.63) is 119 Å². The van der Waals surface area contributed by atoms with Gasteiger partial charge in [-0.25, -0.2) is 9.59 Å². The average molecular weight is 570 g/mol. The fraction of sp³-hybridized carbons (Fsp3) is 0.212. The lowest BCUT2D eigenvalue weighted by atomic mass is 9.98. The predicted octanol–water partition coefficient (Wildman–Crippen LogP) is 6.52. The molecule has 8 heteroatoms. The number of carbonyl (C=O) groups is 2. The first-order valence-corrected chi connectivity index (χ1v) is 14.3. The Morgan fingerprint density at radius 1 is 0.780 bits per heavy atom. The number of methoxy groups -OCH3 is 2. The van der Waals surface area contributed by atoms with E-state index >= 15 is 0 Å². The Morgan fingerprint density at radius 2 is 1.27 bits per heavy atom. The molecule has 41 heavy (non-hydrogen) atoms. The molecule has 0 heterocycles. The fourth-order valence-corrected chi connectivity index (χ4v) is 6.40. The standard InChI is InChI=1S/C33H31NO6S/c1-38-23-15-11-21(12-16-23)31(22-13-17-24(39-2)18-14-22)41-20-30(32(35)36)34-33(37)40-19-29-27-9-5-3-7-25(27)26-8-4-6-10-28(26)29/h3-18,29-31H,19-20H2,1-2H3,(H,34,37)(H,35,36)/t30-/m0/s1. The number of thioether (sulfide) groups is 1. The highest BCUT2D eigenvalue weighted by atomic mass is 32.2. The van der Waals surface area contributed by atoms with E-state index < -0.39 is 18.1 Å². The molecule has 1 aliphatic rings. The molecule has 0 bridgehead atoms. The number of ether oxygens (including phenoxy) is 3. The molecule has 0 spiro atoms. The minimum absolute atomic E-state index is 0.111. The topological polar surface area (TPSA) is 94.1 Å². The van der Waals surface area contributed by atoms with Crippen molar-refractivity contribution >= 4 is 23.8 Å². The van der Waals surface area contributed by atoms with Gasteiger partial charge >= 0.3 is 12.1 Å². The number of benzene rings is 4. The van der Waals surface area contributed by atoms with Crippen molar-refractivity contribution in [2.75, 3.05) is 26.6 Å². The Bertz CT molecular complexity index is 1410. The molecule has 7 nitrogen and oxygen atoms in total. The van der Waals surface area contributed by atoms with E-state index in [9.17, 15) is 14.7 Å². The molecule has 0 saturated carbocycles. The Labute approximate surface area is 243 Å². The summed E-state index contributed by atoms with van der Waals surface area (Å²) in [6.45, 7) is 0.111. The van der Waals surface area contributed by atoms with Gasteiger partial charge in [0.15, 0.2) is 0 Å². The van der Waals surface area contributed by atoms with Crippen molar-refractivity contribution in [3.8, 4) is 22.6 Å². The Hall–Kier alpha value is -4.43. The summed E-state index contributed by atoms with van der Waals surface area (Å²) in [6, 6.07) is 30.3. The number of carbonyl (C=O) groups excluding carboxylic acids is 1. The Morgan fingerprint density at radius 3 is 1.73 bits per heavy atom.